The molecular formula is C24H24FNO3S. The minimum atomic E-state index is -0.569. The van der Waals surface area contributed by atoms with Gasteiger partial charge >= 0.3 is 0 Å². The lowest BCUT2D eigenvalue weighted by atomic mass is 9.91. The number of halogens is 1. The van der Waals surface area contributed by atoms with E-state index in [0.717, 1.165) is 5.56 Å². The van der Waals surface area contributed by atoms with E-state index in [1.165, 1.54) is 34.1 Å². The van der Waals surface area contributed by atoms with Crippen LogP contribution in [0.1, 0.15) is 31.9 Å². The molecule has 2 aromatic carbocycles. The van der Waals surface area contributed by atoms with Crippen LogP contribution < -0.4 is 19.5 Å². The molecule has 0 amide bonds. The normalized spacial score (nSPS) is 13.0. The summed E-state index contributed by atoms with van der Waals surface area (Å²) in [7, 11) is 1.58. The van der Waals surface area contributed by atoms with Gasteiger partial charge in [0.1, 0.15) is 16.2 Å². The fourth-order valence-electron chi connectivity index (χ4n) is 2.82. The number of carbonyl (C=O) groups is 1. The Labute approximate surface area is 178 Å². The van der Waals surface area contributed by atoms with Gasteiger partial charge in [-0.05, 0) is 41.5 Å². The highest BCUT2D eigenvalue weighted by molar-refractivity contribution is 7.07. The van der Waals surface area contributed by atoms with Gasteiger partial charge in [-0.15, -0.1) is 11.3 Å². The fraction of sp³-hybridized carbons (Fsp3) is 0.250. The van der Waals surface area contributed by atoms with Crippen molar-refractivity contribution in [3.05, 3.63) is 85.0 Å². The molecular weight excluding hydrogens is 401 g/mol. The number of nitrogens with zero attached hydrogens (tertiary/aromatic N) is 1. The maximum Gasteiger partial charge on any atom is 0.269 e. The first-order valence-electron chi connectivity index (χ1n) is 9.53. The first-order chi connectivity index (χ1) is 14.2. The first kappa shape index (κ1) is 21.7. The summed E-state index contributed by atoms with van der Waals surface area (Å²) in [5.74, 6) is 0.245. The second-order valence-electron chi connectivity index (χ2n) is 8.01. The van der Waals surface area contributed by atoms with Crippen molar-refractivity contribution in [1.82, 2.24) is 4.57 Å². The van der Waals surface area contributed by atoms with E-state index >= 15 is 0 Å². The van der Waals surface area contributed by atoms with Crippen LogP contribution in [0.5, 0.6) is 5.75 Å². The Balaban J connectivity index is 2.18. The maximum atomic E-state index is 13.6. The molecule has 0 fully saturated rings. The van der Waals surface area contributed by atoms with Crippen LogP contribution >= 0.6 is 11.3 Å². The predicted octanol–water partition coefficient (Wildman–Crippen LogP) is 3.33. The van der Waals surface area contributed by atoms with Gasteiger partial charge < -0.3 is 4.74 Å². The molecule has 0 aliphatic heterocycles. The van der Waals surface area contributed by atoms with Crippen molar-refractivity contribution in [3.8, 4) is 5.75 Å². The lowest BCUT2D eigenvalue weighted by Gasteiger charge is -2.13. The number of carbonyl (C=O) groups excluding carboxylic acids is 1. The molecule has 30 heavy (non-hydrogen) atoms. The molecule has 0 spiro atoms. The molecule has 0 radical (unpaired) electrons. The minimum absolute atomic E-state index is 0.0790. The lowest BCUT2D eigenvalue weighted by Crippen LogP contribution is -2.32. The summed E-state index contributed by atoms with van der Waals surface area (Å²) in [5, 5.41) is 0. The molecule has 0 unspecified atom stereocenters. The van der Waals surface area contributed by atoms with Gasteiger partial charge in [0.15, 0.2) is 5.78 Å². The van der Waals surface area contributed by atoms with Crippen LogP contribution in [0.25, 0.3) is 12.2 Å². The third-order valence-corrected chi connectivity index (χ3v) is 5.61. The number of rotatable bonds is 5. The van der Waals surface area contributed by atoms with Crippen LogP contribution in [0.15, 0.2) is 53.3 Å². The SMILES string of the molecule is COc1cccc(/C=c2/s/c(=C\C(=O)C(C)(C)C)n(Cc3cccc(F)c3)c2=O)c1. The zero-order chi connectivity index (χ0) is 21.9. The van der Waals surface area contributed by atoms with E-state index in [4.69, 9.17) is 4.74 Å². The van der Waals surface area contributed by atoms with Crippen LogP contribution in [-0.2, 0) is 11.3 Å². The molecule has 1 aromatic heterocycles. The third kappa shape index (κ3) is 5.13. The lowest BCUT2D eigenvalue weighted by molar-refractivity contribution is -0.120. The molecule has 0 saturated carbocycles. The van der Waals surface area contributed by atoms with E-state index in [9.17, 15) is 14.0 Å². The Kier molecular flexibility index (Phi) is 6.37. The Morgan fingerprint density at radius 2 is 1.90 bits per heavy atom. The van der Waals surface area contributed by atoms with E-state index in [1.807, 2.05) is 45.0 Å². The summed E-state index contributed by atoms with van der Waals surface area (Å²) in [4.78, 5) is 25.8. The summed E-state index contributed by atoms with van der Waals surface area (Å²) < 4.78 is 21.4. The smallest absolute Gasteiger partial charge is 0.269 e. The van der Waals surface area contributed by atoms with Gasteiger partial charge in [-0.2, -0.15) is 0 Å². The number of hydrogen-bond donors (Lipinski definition) is 0. The molecule has 156 valence electrons. The maximum absolute atomic E-state index is 13.6. The molecule has 0 bridgehead atoms. The number of thiazole rings is 1. The van der Waals surface area contributed by atoms with Crippen molar-refractivity contribution in [2.75, 3.05) is 7.11 Å². The molecule has 6 heteroatoms. The van der Waals surface area contributed by atoms with E-state index in [0.29, 0.717) is 20.5 Å². The molecule has 0 saturated heterocycles. The number of aromatic nitrogens is 1. The molecule has 1 heterocycles. The highest BCUT2D eigenvalue weighted by Gasteiger charge is 2.19. The zero-order valence-corrected chi connectivity index (χ0v) is 18.3. The van der Waals surface area contributed by atoms with Crippen molar-refractivity contribution in [1.29, 1.82) is 0 Å². The van der Waals surface area contributed by atoms with Gasteiger partial charge in [0.05, 0.1) is 18.2 Å². The quantitative estimate of drug-likeness (QED) is 0.630. The molecule has 0 N–H and O–H groups in total. The summed E-state index contributed by atoms with van der Waals surface area (Å²) in [6, 6.07) is 13.5. The second kappa shape index (κ2) is 8.79. The van der Waals surface area contributed by atoms with Gasteiger partial charge in [0.25, 0.3) is 5.56 Å². The zero-order valence-electron chi connectivity index (χ0n) is 17.4. The Morgan fingerprint density at radius 1 is 1.17 bits per heavy atom. The van der Waals surface area contributed by atoms with E-state index in [2.05, 4.69) is 0 Å². The number of hydrogen-bond acceptors (Lipinski definition) is 4. The van der Waals surface area contributed by atoms with Gasteiger partial charge in [0.2, 0.25) is 0 Å². The Bertz CT molecular complexity index is 1250. The number of methoxy groups -OCH3 is 1. The topological polar surface area (TPSA) is 48.3 Å². The monoisotopic (exact) mass is 425 g/mol. The van der Waals surface area contributed by atoms with E-state index in [-0.39, 0.29) is 23.7 Å². The van der Waals surface area contributed by atoms with Gasteiger partial charge in [-0.3, -0.25) is 14.2 Å². The van der Waals surface area contributed by atoms with E-state index in [1.54, 1.807) is 25.3 Å². The van der Waals surface area contributed by atoms with Crippen LogP contribution in [0, 0.1) is 11.2 Å². The van der Waals surface area contributed by atoms with Crippen molar-refractivity contribution in [3.63, 3.8) is 0 Å². The van der Waals surface area contributed by atoms with Crippen molar-refractivity contribution in [2.24, 2.45) is 5.41 Å². The number of ketones is 1. The van der Waals surface area contributed by atoms with Crippen LogP contribution in [0.4, 0.5) is 4.39 Å². The number of Topliss-reactive ketones (excluding diaryl/α,β-unsaturated/α-hetero) is 1. The molecule has 0 aliphatic rings. The van der Waals surface area contributed by atoms with Crippen molar-refractivity contribution >= 4 is 29.3 Å². The standard InChI is InChI=1S/C24H24FNO3S/c1-24(2,3)21(27)14-22-26(15-17-8-5-9-18(25)11-17)23(28)20(30-22)13-16-7-6-10-19(12-16)29-4/h5-14H,15H2,1-4H3/b20-13+,22-14-. The van der Waals surface area contributed by atoms with Crippen molar-refractivity contribution < 1.29 is 13.9 Å². The summed E-state index contributed by atoms with van der Waals surface area (Å²) >= 11 is 1.25. The summed E-state index contributed by atoms with van der Waals surface area (Å²) in [6.07, 6.45) is 3.28. The molecule has 4 nitrogen and oxygen atoms in total. The fourth-order valence-corrected chi connectivity index (χ4v) is 3.86. The van der Waals surface area contributed by atoms with Crippen LogP contribution in [-0.4, -0.2) is 17.5 Å². The molecule has 0 atom stereocenters. The molecule has 3 rings (SSSR count). The van der Waals surface area contributed by atoms with Gasteiger partial charge in [-0.25, -0.2) is 4.39 Å². The predicted molar refractivity (Wildman–Crippen MR) is 119 cm³/mol. The van der Waals surface area contributed by atoms with Crippen LogP contribution in [0.3, 0.4) is 0 Å². The number of benzene rings is 2. The average Bonchev–Trinajstić information content (AvgIpc) is 2.96. The van der Waals surface area contributed by atoms with Gasteiger partial charge in [-0.1, -0.05) is 45.0 Å². The second-order valence-corrected chi connectivity index (χ2v) is 9.07. The Hall–Kier alpha value is -2.99. The Morgan fingerprint density at radius 3 is 2.57 bits per heavy atom. The van der Waals surface area contributed by atoms with Crippen LogP contribution in [0.2, 0.25) is 0 Å². The summed E-state index contributed by atoms with van der Waals surface area (Å²) in [6.45, 7) is 5.68. The number of ether oxygens (including phenoxy) is 1. The average molecular weight is 426 g/mol. The van der Waals surface area contributed by atoms with E-state index < -0.39 is 5.41 Å². The molecule has 0 aliphatic carbocycles. The largest absolute Gasteiger partial charge is 0.497 e. The highest BCUT2D eigenvalue weighted by atomic mass is 32.1. The third-order valence-electron chi connectivity index (χ3n) is 4.55. The summed E-state index contributed by atoms with van der Waals surface area (Å²) in [5.41, 5.74) is 0.681. The van der Waals surface area contributed by atoms with Gasteiger partial charge in [0, 0.05) is 11.5 Å². The first-order valence-corrected chi connectivity index (χ1v) is 10.3. The molecule has 3 aromatic rings. The highest BCUT2D eigenvalue weighted by Crippen LogP contribution is 2.15. The van der Waals surface area contributed by atoms with Crippen molar-refractivity contribution in [2.45, 2.75) is 27.3 Å². The minimum Gasteiger partial charge on any atom is -0.497 e.